The molecule has 0 unspecified atom stereocenters. The number of nitrogens with one attached hydrogen (secondary N) is 1. The van der Waals surface area contributed by atoms with Crippen LogP contribution in [-0.2, 0) is 0 Å². The smallest absolute Gasteiger partial charge is 0.255 e. The van der Waals surface area contributed by atoms with Gasteiger partial charge in [0, 0.05) is 6.04 Å². The number of para-hydroxylation sites is 1. The largest absolute Gasteiger partial charge is 0.496 e. The van der Waals surface area contributed by atoms with Crippen LogP contribution in [-0.4, -0.2) is 19.1 Å². The first-order valence-corrected chi connectivity index (χ1v) is 5.17. The standard InChI is InChI=1S/C12H15NO2/c1-8-4-3-5-10(11(8)15-2)12(14)13-9-6-7-9/h3-5,9H,6-7H2,1-2H3,(H,13,14). The fourth-order valence-corrected chi connectivity index (χ4v) is 1.59. The Morgan fingerprint density at radius 3 is 2.80 bits per heavy atom. The molecule has 3 heteroatoms. The molecule has 1 N–H and O–H groups in total. The van der Waals surface area contributed by atoms with Gasteiger partial charge < -0.3 is 10.1 Å². The molecule has 1 aromatic rings. The molecule has 0 spiro atoms. The lowest BCUT2D eigenvalue weighted by Crippen LogP contribution is -2.25. The zero-order valence-corrected chi connectivity index (χ0v) is 9.04. The molecule has 80 valence electrons. The highest BCUT2D eigenvalue weighted by atomic mass is 16.5. The summed E-state index contributed by atoms with van der Waals surface area (Å²) in [5.41, 5.74) is 1.62. The second-order valence-corrected chi connectivity index (χ2v) is 3.90. The first kappa shape index (κ1) is 10.0. The summed E-state index contributed by atoms with van der Waals surface area (Å²) in [6.45, 7) is 1.94. The molecule has 1 saturated carbocycles. The molecule has 2 rings (SSSR count). The molecular formula is C12H15NO2. The molecule has 1 aliphatic carbocycles. The van der Waals surface area contributed by atoms with Crippen molar-refractivity contribution in [1.82, 2.24) is 5.32 Å². The van der Waals surface area contributed by atoms with Crippen LogP contribution in [0.15, 0.2) is 18.2 Å². The van der Waals surface area contributed by atoms with E-state index >= 15 is 0 Å². The van der Waals surface area contributed by atoms with E-state index in [-0.39, 0.29) is 5.91 Å². The van der Waals surface area contributed by atoms with Crippen LogP contribution in [0, 0.1) is 6.92 Å². The molecule has 1 aromatic carbocycles. The van der Waals surface area contributed by atoms with Gasteiger partial charge in [-0.3, -0.25) is 4.79 Å². The van der Waals surface area contributed by atoms with Gasteiger partial charge in [-0.2, -0.15) is 0 Å². The molecular weight excluding hydrogens is 190 g/mol. The number of carbonyl (C=O) groups is 1. The first-order valence-electron chi connectivity index (χ1n) is 5.17. The average molecular weight is 205 g/mol. The molecule has 0 aliphatic heterocycles. The Morgan fingerprint density at radius 1 is 1.47 bits per heavy atom. The summed E-state index contributed by atoms with van der Waals surface area (Å²) in [6.07, 6.45) is 2.19. The Morgan fingerprint density at radius 2 is 2.20 bits per heavy atom. The minimum absolute atomic E-state index is 0.0296. The number of hydrogen-bond donors (Lipinski definition) is 1. The predicted molar refractivity (Wildman–Crippen MR) is 58.2 cm³/mol. The topological polar surface area (TPSA) is 38.3 Å². The maximum absolute atomic E-state index is 11.8. The van der Waals surface area contributed by atoms with Crippen molar-refractivity contribution in [3.63, 3.8) is 0 Å². The number of carbonyl (C=O) groups excluding carboxylic acids is 1. The Balaban J connectivity index is 2.24. The van der Waals surface area contributed by atoms with Crippen LogP contribution >= 0.6 is 0 Å². The fourth-order valence-electron chi connectivity index (χ4n) is 1.59. The van der Waals surface area contributed by atoms with Crippen molar-refractivity contribution in [2.45, 2.75) is 25.8 Å². The van der Waals surface area contributed by atoms with E-state index in [0.717, 1.165) is 18.4 Å². The average Bonchev–Trinajstić information content (AvgIpc) is 3.01. The van der Waals surface area contributed by atoms with E-state index in [0.29, 0.717) is 17.4 Å². The fraction of sp³-hybridized carbons (Fsp3) is 0.417. The Hall–Kier alpha value is -1.51. The summed E-state index contributed by atoms with van der Waals surface area (Å²) >= 11 is 0. The Bertz CT molecular complexity index is 383. The third kappa shape index (κ3) is 2.12. The maximum atomic E-state index is 11.8. The van der Waals surface area contributed by atoms with Gasteiger partial charge in [0.05, 0.1) is 12.7 Å². The van der Waals surface area contributed by atoms with Gasteiger partial charge in [0.25, 0.3) is 5.91 Å². The third-order valence-electron chi connectivity index (χ3n) is 2.57. The van der Waals surface area contributed by atoms with Gasteiger partial charge in [-0.05, 0) is 31.4 Å². The van der Waals surface area contributed by atoms with E-state index in [9.17, 15) is 4.79 Å². The van der Waals surface area contributed by atoms with E-state index in [2.05, 4.69) is 5.32 Å². The van der Waals surface area contributed by atoms with Gasteiger partial charge in [0.1, 0.15) is 5.75 Å². The highest BCUT2D eigenvalue weighted by molar-refractivity contribution is 5.97. The monoisotopic (exact) mass is 205 g/mol. The molecule has 1 fully saturated rings. The predicted octanol–water partition coefficient (Wildman–Crippen LogP) is 1.90. The SMILES string of the molecule is COc1c(C)cccc1C(=O)NC1CC1. The lowest BCUT2D eigenvalue weighted by Gasteiger charge is -2.10. The highest BCUT2D eigenvalue weighted by Gasteiger charge is 2.25. The van der Waals surface area contributed by atoms with Gasteiger partial charge in [-0.15, -0.1) is 0 Å². The molecule has 0 radical (unpaired) electrons. The second-order valence-electron chi connectivity index (χ2n) is 3.90. The molecule has 0 bridgehead atoms. The van der Waals surface area contributed by atoms with Crippen LogP contribution in [0.2, 0.25) is 0 Å². The van der Waals surface area contributed by atoms with Crippen LogP contribution in [0.25, 0.3) is 0 Å². The van der Waals surface area contributed by atoms with E-state index in [1.807, 2.05) is 19.1 Å². The lowest BCUT2D eigenvalue weighted by molar-refractivity contribution is 0.0948. The van der Waals surface area contributed by atoms with Crippen molar-refractivity contribution in [2.75, 3.05) is 7.11 Å². The number of amides is 1. The summed E-state index contributed by atoms with van der Waals surface area (Å²) in [5, 5.41) is 2.95. The number of ether oxygens (including phenoxy) is 1. The van der Waals surface area contributed by atoms with E-state index in [4.69, 9.17) is 4.74 Å². The summed E-state index contributed by atoms with van der Waals surface area (Å²) in [6, 6.07) is 5.98. The van der Waals surface area contributed by atoms with Gasteiger partial charge in [0.15, 0.2) is 0 Å². The molecule has 1 aliphatic rings. The number of hydrogen-bond acceptors (Lipinski definition) is 2. The molecule has 0 saturated heterocycles. The van der Waals surface area contributed by atoms with Crippen molar-refractivity contribution in [3.05, 3.63) is 29.3 Å². The summed E-state index contributed by atoms with van der Waals surface area (Å²) in [5.74, 6) is 0.647. The van der Waals surface area contributed by atoms with Crippen LogP contribution < -0.4 is 10.1 Å². The van der Waals surface area contributed by atoms with Crippen molar-refractivity contribution in [2.24, 2.45) is 0 Å². The van der Waals surface area contributed by atoms with Crippen molar-refractivity contribution in [3.8, 4) is 5.75 Å². The third-order valence-corrected chi connectivity index (χ3v) is 2.57. The van der Waals surface area contributed by atoms with Crippen molar-refractivity contribution in [1.29, 1.82) is 0 Å². The van der Waals surface area contributed by atoms with Gasteiger partial charge in [-0.25, -0.2) is 0 Å². The second kappa shape index (κ2) is 3.93. The van der Waals surface area contributed by atoms with Crippen molar-refractivity contribution >= 4 is 5.91 Å². The first-order chi connectivity index (χ1) is 7.22. The lowest BCUT2D eigenvalue weighted by atomic mass is 10.1. The van der Waals surface area contributed by atoms with Crippen LogP contribution in [0.4, 0.5) is 0 Å². The Kier molecular flexibility index (Phi) is 2.62. The Labute approximate surface area is 89.4 Å². The van der Waals surface area contributed by atoms with Gasteiger partial charge >= 0.3 is 0 Å². The molecule has 15 heavy (non-hydrogen) atoms. The molecule has 0 aromatic heterocycles. The minimum atomic E-state index is -0.0296. The van der Waals surface area contributed by atoms with Gasteiger partial charge in [0.2, 0.25) is 0 Å². The highest BCUT2D eigenvalue weighted by Crippen LogP contribution is 2.25. The summed E-state index contributed by atoms with van der Waals surface area (Å²) < 4.78 is 5.24. The molecule has 1 amide bonds. The number of methoxy groups -OCH3 is 1. The molecule has 3 nitrogen and oxygen atoms in total. The number of aryl methyl sites for hydroxylation is 1. The zero-order valence-electron chi connectivity index (χ0n) is 9.04. The van der Waals surface area contributed by atoms with Crippen LogP contribution in [0.3, 0.4) is 0 Å². The zero-order chi connectivity index (χ0) is 10.8. The van der Waals surface area contributed by atoms with E-state index in [1.165, 1.54) is 0 Å². The maximum Gasteiger partial charge on any atom is 0.255 e. The quantitative estimate of drug-likeness (QED) is 0.818. The van der Waals surface area contributed by atoms with Crippen LogP contribution in [0.1, 0.15) is 28.8 Å². The summed E-state index contributed by atoms with van der Waals surface area (Å²) in [4.78, 5) is 11.8. The van der Waals surface area contributed by atoms with E-state index < -0.39 is 0 Å². The normalized spacial score (nSPS) is 14.8. The number of benzene rings is 1. The van der Waals surface area contributed by atoms with Crippen molar-refractivity contribution < 1.29 is 9.53 Å². The van der Waals surface area contributed by atoms with Gasteiger partial charge in [-0.1, -0.05) is 12.1 Å². The molecule has 0 atom stereocenters. The summed E-state index contributed by atoms with van der Waals surface area (Å²) in [7, 11) is 1.59. The minimum Gasteiger partial charge on any atom is -0.496 e. The number of rotatable bonds is 3. The van der Waals surface area contributed by atoms with Crippen LogP contribution in [0.5, 0.6) is 5.75 Å². The van der Waals surface area contributed by atoms with E-state index in [1.54, 1.807) is 13.2 Å². The molecule has 0 heterocycles.